The standard InChI is InChI=1S/C27H34N4O4/c1-5-15-33-21-13-11-19(12-14-21)29-25-28-17-23(18-9-10-18)24(31-25)34-22-8-6-7-20(16-22)30-26(32)35-27(2,3)4/h6-8,11,13,16-18H,5,9-10,12,14-15H2,1-4H3,(H,30,32)(H,28,29,31). The molecule has 1 saturated carbocycles. The minimum atomic E-state index is -0.574. The van der Waals surface area contributed by atoms with Gasteiger partial charge in [-0.3, -0.25) is 5.32 Å². The van der Waals surface area contributed by atoms with Crippen LogP contribution in [-0.2, 0) is 9.47 Å². The summed E-state index contributed by atoms with van der Waals surface area (Å²) in [6, 6.07) is 7.18. The Bertz CT molecular complexity index is 1120. The summed E-state index contributed by atoms with van der Waals surface area (Å²) in [4.78, 5) is 21.3. The molecule has 4 rings (SSSR count). The average Bonchev–Trinajstić information content (AvgIpc) is 3.63. The van der Waals surface area contributed by atoms with E-state index < -0.39 is 11.7 Å². The summed E-state index contributed by atoms with van der Waals surface area (Å²) in [7, 11) is 0. The lowest BCUT2D eigenvalue weighted by Crippen LogP contribution is -2.27. The van der Waals surface area contributed by atoms with E-state index >= 15 is 0 Å². The van der Waals surface area contributed by atoms with E-state index in [0.29, 0.717) is 29.2 Å². The molecule has 0 spiro atoms. The van der Waals surface area contributed by atoms with Crippen molar-refractivity contribution in [2.45, 2.75) is 71.3 Å². The molecule has 2 aliphatic carbocycles. The van der Waals surface area contributed by atoms with Gasteiger partial charge in [0.05, 0.1) is 12.4 Å². The highest BCUT2D eigenvalue weighted by molar-refractivity contribution is 5.85. The molecular formula is C27H34N4O4. The largest absolute Gasteiger partial charge is 0.498 e. The number of nitrogens with one attached hydrogen (secondary N) is 2. The van der Waals surface area contributed by atoms with Gasteiger partial charge in [-0.15, -0.1) is 0 Å². The Labute approximate surface area is 206 Å². The van der Waals surface area contributed by atoms with Crippen LogP contribution in [0.2, 0.25) is 0 Å². The zero-order valence-corrected chi connectivity index (χ0v) is 20.9. The van der Waals surface area contributed by atoms with E-state index in [1.165, 1.54) is 0 Å². The van der Waals surface area contributed by atoms with Crippen molar-refractivity contribution in [3.63, 3.8) is 0 Å². The van der Waals surface area contributed by atoms with Crippen molar-refractivity contribution in [2.24, 2.45) is 0 Å². The molecule has 1 heterocycles. The van der Waals surface area contributed by atoms with Crippen molar-refractivity contribution in [3.8, 4) is 11.6 Å². The molecule has 1 amide bonds. The third-order valence-corrected chi connectivity index (χ3v) is 5.37. The van der Waals surface area contributed by atoms with E-state index in [4.69, 9.17) is 14.2 Å². The molecule has 1 fully saturated rings. The van der Waals surface area contributed by atoms with Crippen LogP contribution in [0.25, 0.3) is 0 Å². The van der Waals surface area contributed by atoms with Crippen molar-refractivity contribution < 1.29 is 19.0 Å². The van der Waals surface area contributed by atoms with Crippen LogP contribution in [0.1, 0.15) is 71.3 Å². The van der Waals surface area contributed by atoms with Crippen LogP contribution < -0.4 is 15.4 Å². The SMILES string of the molecule is CCCOC1=CC=C(Nc2ncc(C3CC3)c(Oc3cccc(NC(=O)OC(C)(C)C)c3)n2)CC1. The fourth-order valence-electron chi connectivity index (χ4n) is 3.58. The molecule has 2 N–H and O–H groups in total. The Kier molecular flexibility index (Phi) is 7.58. The number of ether oxygens (including phenoxy) is 3. The predicted octanol–water partition coefficient (Wildman–Crippen LogP) is 6.89. The van der Waals surface area contributed by atoms with Crippen LogP contribution in [0.15, 0.2) is 54.1 Å². The lowest BCUT2D eigenvalue weighted by Gasteiger charge is -2.20. The maximum atomic E-state index is 12.1. The fourth-order valence-corrected chi connectivity index (χ4v) is 3.58. The fraction of sp³-hybridized carbons (Fsp3) is 0.444. The predicted molar refractivity (Wildman–Crippen MR) is 136 cm³/mol. The van der Waals surface area contributed by atoms with E-state index in [-0.39, 0.29) is 0 Å². The highest BCUT2D eigenvalue weighted by Gasteiger charge is 2.29. The molecule has 35 heavy (non-hydrogen) atoms. The van der Waals surface area contributed by atoms with Crippen LogP contribution >= 0.6 is 0 Å². The molecule has 1 aromatic heterocycles. The summed E-state index contributed by atoms with van der Waals surface area (Å²) in [5, 5.41) is 6.06. The third-order valence-electron chi connectivity index (χ3n) is 5.37. The molecule has 1 aromatic carbocycles. The molecule has 2 aliphatic rings. The summed E-state index contributed by atoms with van der Waals surface area (Å²) < 4.78 is 17.3. The van der Waals surface area contributed by atoms with E-state index in [1.54, 1.807) is 12.1 Å². The molecule has 8 nitrogen and oxygen atoms in total. The highest BCUT2D eigenvalue weighted by atomic mass is 16.6. The van der Waals surface area contributed by atoms with Crippen molar-refractivity contribution in [1.29, 1.82) is 0 Å². The zero-order valence-electron chi connectivity index (χ0n) is 20.9. The lowest BCUT2D eigenvalue weighted by molar-refractivity contribution is 0.0636. The first-order chi connectivity index (χ1) is 16.8. The third kappa shape index (κ3) is 7.47. The van der Waals surface area contributed by atoms with Gasteiger partial charge < -0.3 is 19.5 Å². The van der Waals surface area contributed by atoms with Crippen LogP contribution in [0.3, 0.4) is 0 Å². The van der Waals surface area contributed by atoms with Crippen molar-refractivity contribution in [2.75, 3.05) is 17.2 Å². The summed E-state index contributed by atoms with van der Waals surface area (Å²) >= 11 is 0. The number of aromatic nitrogens is 2. The van der Waals surface area contributed by atoms with Crippen LogP contribution in [-0.4, -0.2) is 28.3 Å². The van der Waals surface area contributed by atoms with Gasteiger partial charge in [0.1, 0.15) is 11.4 Å². The second kappa shape index (κ2) is 10.8. The van der Waals surface area contributed by atoms with Gasteiger partial charge in [-0.25, -0.2) is 9.78 Å². The molecule has 0 atom stereocenters. The average molecular weight is 479 g/mol. The minimum Gasteiger partial charge on any atom is -0.498 e. The van der Waals surface area contributed by atoms with E-state index in [0.717, 1.165) is 55.7 Å². The Morgan fingerprint density at radius 3 is 2.69 bits per heavy atom. The van der Waals surface area contributed by atoms with Gasteiger partial charge >= 0.3 is 6.09 Å². The number of hydrogen-bond acceptors (Lipinski definition) is 7. The smallest absolute Gasteiger partial charge is 0.412 e. The quantitative estimate of drug-likeness (QED) is 0.405. The maximum absolute atomic E-state index is 12.1. The number of allylic oxidation sites excluding steroid dienone is 4. The monoisotopic (exact) mass is 478 g/mol. The first kappa shape index (κ1) is 24.6. The lowest BCUT2D eigenvalue weighted by atomic mass is 10.1. The van der Waals surface area contributed by atoms with Gasteiger partial charge in [-0.1, -0.05) is 13.0 Å². The van der Waals surface area contributed by atoms with Gasteiger partial charge in [0.25, 0.3) is 0 Å². The number of carbonyl (C=O) groups is 1. The zero-order chi connectivity index (χ0) is 24.8. The van der Waals surface area contributed by atoms with E-state index in [1.807, 2.05) is 51.3 Å². The van der Waals surface area contributed by atoms with Crippen molar-refractivity contribution >= 4 is 17.7 Å². The Morgan fingerprint density at radius 2 is 2.00 bits per heavy atom. The first-order valence-electron chi connectivity index (χ1n) is 12.2. The normalized spacial score (nSPS) is 15.5. The van der Waals surface area contributed by atoms with Crippen molar-refractivity contribution in [3.05, 3.63) is 59.6 Å². The molecule has 8 heteroatoms. The number of anilines is 2. The second-order valence-electron chi connectivity index (χ2n) is 9.78. The van der Waals surface area contributed by atoms with E-state index in [2.05, 4.69) is 27.5 Å². The Hall–Kier alpha value is -3.55. The number of amides is 1. The number of hydrogen-bond donors (Lipinski definition) is 2. The van der Waals surface area contributed by atoms with E-state index in [9.17, 15) is 4.79 Å². The Morgan fingerprint density at radius 1 is 1.17 bits per heavy atom. The van der Waals surface area contributed by atoms with Gasteiger partial charge in [-0.05, 0) is 76.7 Å². The molecular weight excluding hydrogens is 444 g/mol. The molecule has 0 bridgehead atoms. The van der Waals surface area contributed by atoms with Crippen LogP contribution in [0.4, 0.5) is 16.4 Å². The second-order valence-corrected chi connectivity index (χ2v) is 9.78. The molecule has 0 aliphatic heterocycles. The number of carbonyl (C=O) groups excluding carboxylic acids is 1. The molecule has 0 radical (unpaired) electrons. The molecule has 0 saturated heterocycles. The van der Waals surface area contributed by atoms with Crippen LogP contribution in [0, 0.1) is 0 Å². The number of benzene rings is 1. The number of nitrogens with zero attached hydrogens (tertiary/aromatic N) is 2. The van der Waals surface area contributed by atoms with Crippen LogP contribution in [0.5, 0.6) is 11.6 Å². The Balaban J connectivity index is 1.47. The summed E-state index contributed by atoms with van der Waals surface area (Å²) in [6.45, 7) is 8.31. The van der Waals surface area contributed by atoms with Gasteiger partial charge in [0.15, 0.2) is 0 Å². The van der Waals surface area contributed by atoms with Gasteiger partial charge in [0.2, 0.25) is 11.8 Å². The highest BCUT2D eigenvalue weighted by Crippen LogP contribution is 2.44. The molecule has 186 valence electrons. The summed E-state index contributed by atoms with van der Waals surface area (Å²) in [5.74, 6) is 3.01. The van der Waals surface area contributed by atoms with Gasteiger partial charge in [0, 0.05) is 35.6 Å². The minimum absolute atomic E-state index is 0.414. The number of rotatable bonds is 9. The molecule has 0 unspecified atom stereocenters. The van der Waals surface area contributed by atoms with Crippen molar-refractivity contribution in [1.82, 2.24) is 9.97 Å². The maximum Gasteiger partial charge on any atom is 0.412 e. The summed E-state index contributed by atoms with van der Waals surface area (Å²) in [6.07, 6.45) is 10.2. The molecule has 2 aromatic rings. The summed E-state index contributed by atoms with van der Waals surface area (Å²) in [5.41, 5.74) is 2.03. The first-order valence-corrected chi connectivity index (χ1v) is 12.2. The van der Waals surface area contributed by atoms with Gasteiger partial charge in [-0.2, -0.15) is 4.98 Å². The topological polar surface area (TPSA) is 94.6 Å².